The number of rotatable bonds is 6. The van der Waals surface area contributed by atoms with Crippen LogP contribution in [-0.2, 0) is 13.1 Å². The summed E-state index contributed by atoms with van der Waals surface area (Å²) in [4.78, 5) is 0. The van der Waals surface area contributed by atoms with E-state index in [1.54, 1.807) is 14.2 Å². The second-order valence-electron chi connectivity index (χ2n) is 4.57. The fraction of sp³-hybridized carbons (Fsp3) is 0.250. The smallest absolute Gasteiger partial charge is 0.161 e. The lowest BCUT2D eigenvalue weighted by Crippen LogP contribution is -2.13. The summed E-state index contributed by atoms with van der Waals surface area (Å²) < 4.78 is 24.5. The fourth-order valence-corrected chi connectivity index (χ4v) is 2.57. The molecule has 2 rings (SSSR count). The molecule has 2 aromatic carbocycles. The first-order valence-electron chi connectivity index (χ1n) is 6.49. The monoisotopic (exact) mass is 353 g/mol. The molecule has 0 aromatic heterocycles. The standard InChI is InChI=1S/C16H17BrFNO2/c1-20-15-4-3-11(7-16(15)21-2)9-19-10-12-5-13(17)8-14(18)6-12/h3-8,19H,9-10H2,1-2H3. The van der Waals surface area contributed by atoms with Crippen molar-refractivity contribution in [1.29, 1.82) is 0 Å². The van der Waals surface area contributed by atoms with Crippen LogP contribution in [0.1, 0.15) is 11.1 Å². The van der Waals surface area contributed by atoms with Gasteiger partial charge in [0.2, 0.25) is 0 Å². The van der Waals surface area contributed by atoms with Crippen molar-refractivity contribution in [3.05, 3.63) is 57.8 Å². The van der Waals surface area contributed by atoms with Gasteiger partial charge >= 0.3 is 0 Å². The van der Waals surface area contributed by atoms with Crippen LogP contribution >= 0.6 is 15.9 Å². The van der Waals surface area contributed by atoms with Crippen molar-refractivity contribution in [1.82, 2.24) is 5.32 Å². The van der Waals surface area contributed by atoms with E-state index in [-0.39, 0.29) is 5.82 Å². The van der Waals surface area contributed by atoms with Crippen LogP contribution in [0.5, 0.6) is 11.5 Å². The third-order valence-electron chi connectivity index (χ3n) is 3.03. The van der Waals surface area contributed by atoms with E-state index < -0.39 is 0 Å². The molecule has 3 nitrogen and oxygen atoms in total. The van der Waals surface area contributed by atoms with Crippen molar-refractivity contribution in [2.45, 2.75) is 13.1 Å². The molecule has 2 aromatic rings. The highest BCUT2D eigenvalue weighted by molar-refractivity contribution is 9.10. The van der Waals surface area contributed by atoms with Crippen LogP contribution in [0.3, 0.4) is 0 Å². The SMILES string of the molecule is COc1ccc(CNCc2cc(F)cc(Br)c2)cc1OC. The highest BCUT2D eigenvalue weighted by Gasteiger charge is 2.04. The van der Waals surface area contributed by atoms with Crippen molar-refractivity contribution in [3.8, 4) is 11.5 Å². The van der Waals surface area contributed by atoms with Gasteiger partial charge in [-0.15, -0.1) is 0 Å². The van der Waals surface area contributed by atoms with Gasteiger partial charge in [0.05, 0.1) is 14.2 Å². The molecule has 21 heavy (non-hydrogen) atoms. The number of nitrogens with one attached hydrogen (secondary N) is 1. The molecule has 0 aliphatic carbocycles. The Hall–Kier alpha value is -1.59. The van der Waals surface area contributed by atoms with E-state index in [0.29, 0.717) is 24.6 Å². The molecule has 5 heteroatoms. The zero-order valence-corrected chi connectivity index (χ0v) is 13.5. The Morgan fingerprint density at radius 1 is 0.952 bits per heavy atom. The van der Waals surface area contributed by atoms with Crippen molar-refractivity contribution >= 4 is 15.9 Å². The summed E-state index contributed by atoms with van der Waals surface area (Å²) in [6.07, 6.45) is 0. The van der Waals surface area contributed by atoms with Crippen molar-refractivity contribution in [3.63, 3.8) is 0 Å². The highest BCUT2D eigenvalue weighted by atomic mass is 79.9. The van der Waals surface area contributed by atoms with Gasteiger partial charge in [-0.25, -0.2) is 4.39 Å². The number of halogens is 2. The quantitative estimate of drug-likeness (QED) is 0.854. The van der Waals surface area contributed by atoms with E-state index in [0.717, 1.165) is 15.6 Å². The highest BCUT2D eigenvalue weighted by Crippen LogP contribution is 2.27. The Bertz CT molecular complexity index is 599. The first-order valence-corrected chi connectivity index (χ1v) is 7.28. The molecule has 0 amide bonds. The molecule has 0 fully saturated rings. The number of benzene rings is 2. The Balaban J connectivity index is 1.97. The molecule has 0 saturated carbocycles. The molecule has 0 saturated heterocycles. The fourth-order valence-electron chi connectivity index (χ4n) is 2.05. The minimum atomic E-state index is -0.243. The van der Waals surface area contributed by atoms with Crippen LogP contribution in [0.25, 0.3) is 0 Å². The molecule has 0 unspecified atom stereocenters. The predicted molar refractivity (Wildman–Crippen MR) is 84.2 cm³/mol. The summed E-state index contributed by atoms with van der Waals surface area (Å²) in [5.74, 6) is 1.16. The van der Waals surface area contributed by atoms with E-state index >= 15 is 0 Å². The maximum atomic E-state index is 13.3. The van der Waals surface area contributed by atoms with Crippen LogP contribution in [0.15, 0.2) is 40.9 Å². The van der Waals surface area contributed by atoms with Crippen LogP contribution in [0, 0.1) is 5.82 Å². The summed E-state index contributed by atoms with van der Waals surface area (Å²) in [5, 5.41) is 3.28. The molecule has 0 aliphatic rings. The first kappa shape index (κ1) is 15.8. The van der Waals surface area contributed by atoms with Crippen LogP contribution in [-0.4, -0.2) is 14.2 Å². The van der Waals surface area contributed by atoms with Crippen LogP contribution in [0.2, 0.25) is 0 Å². The average molecular weight is 354 g/mol. The molecule has 0 heterocycles. The van der Waals surface area contributed by atoms with E-state index in [1.807, 2.05) is 24.3 Å². The van der Waals surface area contributed by atoms with Gasteiger partial charge in [0, 0.05) is 17.6 Å². The van der Waals surface area contributed by atoms with E-state index in [1.165, 1.54) is 12.1 Å². The van der Waals surface area contributed by atoms with E-state index in [4.69, 9.17) is 9.47 Å². The van der Waals surface area contributed by atoms with Crippen LogP contribution < -0.4 is 14.8 Å². The Morgan fingerprint density at radius 2 is 1.67 bits per heavy atom. The molecule has 0 aliphatic heterocycles. The van der Waals surface area contributed by atoms with Gasteiger partial charge in [-0.1, -0.05) is 22.0 Å². The Morgan fingerprint density at radius 3 is 2.33 bits per heavy atom. The van der Waals surface area contributed by atoms with Gasteiger partial charge in [-0.05, 0) is 41.5 Å². The molecule has 0 bridgehead atoms. The topological polar surface area (TPSA) is 30.5 Å². The summed E-state index contributed by atoms with van der Waals surface area (Å²) in [6, 6.07) is 10.6. The van der Waals surface area contributed by atoms with Gasteiger partial charge in [-0.3, -0.25) is 0 Å². The minimum absolute atomic E-state index is 0.243. The molecule has 0 radical (unpaired) electrons. The largest absolute Gasteiger partial charge is 0.493 e. The van der Waals surface area contributed by atoms with E-state index in [2.05, 4.69) is 21.2 Å². The molecule has 0 spiro atoms. The lowest BCUT2D eigenvalue weighted by Gasteiger charge is -2.10. The lowest BCUT2D eigenvalue weighted by atomic mass is 10.2. The number of hydrogen-bond donors (Lipinski definition) is 1. The Kier molecular flexibility index (Phi) is 5.59. The third kappa shape index (κ3) is 4.44. The second kappa shape index (κ2) is 7.43. The summed E-state index contributed by atoms with van der Waals surface area (Å²) in [5.41, 5.74) is 1.96. The van der Waals surface area contributed by atoms with Gasteiger partial charge < -0.3 is 14.8 Å². The summed E-state index contributed by atoms with van der Waals surface area (Å²) in [6.45, 7) is 1.25. The van der Waals surface area contributed by atoms with Gasteiger partial charge in [0.1, 0.15) is 5.82 Å². The maximum absolute atomic E-state index is 13.3. The van der Waals surface area contributed by atoms with Gasteiger partial charge in [-0.2, -0.15) is 0 Å². The van der Waals surface area contributed by atoms with Crippen molar-refractivity contribution < 1.29 is 13.9 Å². The number of ether oxygens (including phenoxy) is 2. The van der Waals surface area contributed by atoms with Crippen molar-refractivity contribution in [2.75, 3.05) is 14.2 Å². The average Bonchev–Trinajstić information content (AvgIpc) is 2.46. The minimum Gasteiger partial charge on any atom is -0.493 e. The molecule has 0 atom stereocenters. The molecular formula is C16H17BrFNO2. The number of hydrogen-bond acceptors (Lipinski definition) is 3. The summed E-state index contributed by atoms with van der Waals surface area (Å²) >= 11 is 3.29. The third-order valence-corrected chi connectivity index (χ3v) is 3.49. The van der Waals surface area contributed by atoms with Crippen LogP contribution in [0.4, 0.5) is 4.39 Å². The van der Waals surface area contributed by atoms with Crippen molar-refractivity contribution in [2.24, 2.45) is 0 Å². The van der Waals surface area contributed by atoms with E-state index in [9.17, 15) is 4.39 Å². The molecule has 1 N–H and O–H groups in total. The number of methoxy groups -OCH3 is 2. The second-order valence-corrected chi connectivity index (χ2v) is 5.49. The Labute approximate surface area is 132 Å². The maximum Gasteiger partial charge on any atom is 0.161 e. The predicted octanol–water partition coefficient (Wildman–Crippen LogP) is 3.90. The molecular weight excluding hydrogens is 337 g/mol. The normalized spacial score (nSPS) is 10.5. The first-order chi connectivity index (χ1) is 10.1. The molecule has 112 valence electrons. The summed E-state index contributed by atoms with van der Waals surface area (Å²) in [7, 11) is 3.22. The zero-order valence-electron chi connectivity index (χ0n) is 12.0. The lowest BCUT2D eigenvalue weighted by molar-refractivity contribution is 0.354. The van der Waals surface area contributed by atoms with Gasteiger partial charge in [0.15, 0.2) is 11.5 Å². The van der Waals surface area contributed by atoms with Gasteiger partial charge in [0.25, 0.3) is 0 Å². The zero-order chi connectivity index (χ0) is 15.2.